The summed E-state index contributed by atoms with van der Waals surface area (Å²) in [5.41, 5.74) is 0. The van der Waals surface area contributed by atoms with Crippen LogP contribution in [0.3, 0.4) is 0 Å². The topological polar surface area (TPSA) is 75.7 Å². The fraction of sp³-hybridized carbons (Fsp3) is 0.900. The molecule has 100 valence electrons. The molecule has 0 aromatic heterocycles. The summed E-state index contributed by atoms with van der Waals surface area (Å²) in [7, 11) is -2.02. The first-order valence-electron chi connectivity index (χ1n) is 5.79. The average Bonchev–Trinajstić information content (AvgIpc) is 2.28. The highest BCUT2D eigenvalue weighted by atomic mass is 32.2. The molecule has 17 heavy (non-hydrogen) atoms. The van der Waals surface area contributed by atoms with E-state index in [4.69, 9.17) is 0 Å². The zero-order valence-electron chi connectivity index (χ0n) is 10.3. The summed E-state index contributed by atoms with van der Waals surface area (Å²) >= 11 is 0. The summed E-state index contributed by atoms with van der Waals surface area (Å²) in [4.78, 5) is 11.2. The van der Waals surface area contributed by atoms with Crippen molar-refractivity contribution in [2.75, 3.05) is 32.5 Å². The average molecular weight is 264 g/mol. The lowest BCUT2D eigenvalue weighted by molar-refractivity contribution is -0.140. The maximum atomic E-state index is 11.9. The Kier molecular flexibility index (Phi) is 5.35. The van der Waals surface area contributed by atoms with Crippen LogP contribution in [0.25, 0.3) is 0 Å². The highest BCUT2D eigenvalue weighted by molar-refractivity contribution is 7.89. The first-order valence-corrected chi connectivity index (χ1v) is 7.40. The summed E-state index contributed by atoms with van der Waals surface area (Å²) in [6, 6.07) is -0.0179. The molecule has 1 aliphatic rings. The van der Waals surface area contributed by atoms with Crippen molar-refractivity contribution in [1.82, 2.24) is 9.62 Å². The van der Waals surface area contributed by atoms with E-state index in [1.165, 1.54) is 11.4 Å². The monoisotopic (exact) mass is 264 g/mol. The summed E-state index contributed by atoms with van der Waals surface area (Å²) < 4.78 is 29.8. The number of nitrogens with one attached hydrogen (secondary N) is 1. The molecule has 0 bridgehead atoms. The number of carbonyl (C=O) groups is 1. The maximum Gasteiger partial charge on any atom is 0.322 e. The second-order valence-corrected chi connectivity index (χ2v) is 6.09. The van der Waals surface area contributed by atoms with Gasteiger partial charge in [0.15, 0.2) is 5.75 Å². The highest BCUT2D eigenvalue weighted by Gasteiger charge is 2.29. The predicted octanol–water partition coefficient (Wildman–Crippen LogP) is -0.437. The zero-order valence-corrected chi connectivity index (χ0v) is 11.1. The van der Waals surface area contributed by atoms with Gasteiger partial charge in [-0.15, -0.1) is 0 Å². The molecule has 7 heteroatoms. The molecule has 1 rings (SSSR count). The van der Waals surface area contributed by atoms with Gasteiger partial charge in [-0.05, 0) is 32.9 Å². The molecule has 0 spiro atoms. The van der Waals surface area contributed by atoms with E-state index in [2.05, 4.69) is 10.1 Å². The molecule has 0 unspecified atom stereocenters. The maximum absolute atomic E-state index is 11.9. The second kappa shape index (κ2) is 6.32. The lowest BCUT2D eigenvalue weighted by Crippen LogP contribution is -2.45. The second-order valence-electron chi connectivity index (χ2n) is 4.06. The quantitative estimate of drug-likeness (QED) is 0.682. The number of sulfonamides is 1. The summed E-state index contributed by atoms with van der Waals surface area (Å²) in [6.45, 7) is 3.47. The van der Waals surface area contributed by atoms with Gasteiger partial charge in [0.1, 0.15) is 0 Å². The number of hydrogen-bond acceptors (Lipinski definition) is 5. The first-order chi connectivity index (χ1) is 7.97. The van der Waals surface area contributed by atoms with Crippen molar-refractivity contribution < 1.29 is 17.9 Å². The van der Waals surface area contributed by atoms with Crippen LogP contribution in [0.2, 0.25) is 0 Å². The van der Waals surface area contributed by atoms with Gasteiger partial charge in [-0.25, -0.2) is 12.7 Å². The number of esters is 1. The van der Waals surface area contributed by atoms with Crippen molar-refractivity contribution in [3.63, 3.8) is 0 Å². The lowest BCUT2D eigenvalue weighted by Gasteiger charge is -2.30. The van der Waals surface area contributed by atoms with E-state index < -0.39 is 21.7 Å². The van der Waals surface area contributed by atoms with Crippen LogP contribution in [0.1, 0.15) is 19.8 Å². The van der Waals surface area contributed by atoms with Gasteiger partial charge in [-0.2, -0.15) is 0 Å². The smallest absolute Gasteiger partial charge is 0.322 e. The Balaban J connectivity index is 2.59. The third-order valence-corrected chi connectivity index (χ3v) is 4.64. The van der Waals surface area contributed by atoms with Crippen molar-refractivity contribution >= 4 is 16.0 Å². The molecule has 0 atom stereocenters. The highest BCUT2D eigenvalue weighted by Crippen LogP contribution is 2.14. The summed E-state index contributed by atoms with van der Waals surface area (Å²) in [5, 5.41) is 3.17. The number of piperidine rings is 1. The molecular formula is C10H20N2O4S. The van der Waals surface area contributed by atoms with Crippen LogP contribution in [0.4, 0.5) is 0 Å². The van der Waals surface area contributed by atoms with Crippen molar-refractivity contribution in [2.24, 2.45) is 0 Å². The number of ether oxygens (including phenoxy) is 1. The van der Waals surface area contributed by atoms with E-state index in [1.54, 1.807) is 6.92 Å². The van der Waals surface area contributed by atoms with Crippen molar-refractivity contribution in [1.29, 1.82) is 0 Å². The van der Waals surface area contributed by atoms with E-state index in [9.17, 15) is 13.2 Å². The van der Waals surface area contributed by atoms with Crippen LogP contribution < -0.4 is 5.32 Å². The molecule has 1 heterocycles. The van der Waals surface area contributed by atoms with Gasteiger partial charge in [-0.3, -0.25) is 4.79 Å². The van der Waals surface area contributed by atoms with Gasteiger partial charge in [-0.1, -0.05) is 0 Å². The Labute approximate surface area is 102 Å². The van der Waals surface area contributed by atoms with Crippen molar-refractivity contribution in [3.05, 3.63) is 0 Å². The minimum absolute atomic E-state index is 0.0179. The molecule has 0 aromatic carbocycles. The molecule has 1 N–H and O–H groups in total. The lowest BCUT2D eigenvalue weighted by atomic mass is 10.1. The van der Waals surface area contributed by atoms with Crippen molar-refractivity contribution in [2.45, 2.75) is 25.8 Å². The fourth-order valence-electron chi connectivity index (χ4n) is 1.85. The first kappa shape index (κ1) is 14.4. The Morgan fingerprint density at radius 1 is 1.41 bits per heavy atom. The van der Waals surface area contributed by atoms with Crippen LogP contribution >= 0.6 is 0 Å². The van der Waals surface area contributed by atoms with E-state index in [1.807, 2.05) is 0 Å². The molecule has 6 nitrogen and oxygen atoms in total. The Bertz CT molecular complexity index is 349. The third-order valence-electron chi connectivity index (χ3n) is 2.87. The predicted molar refractivity (Wildman–Crippen MR) is 64.1 cm³/mol. The van der Waals surface area contributed by atoms with Gasteiger partial charge < -0.3 is 10.1 Å². The Morgan fingerprint density at radius 2 is 2.00 bits per heavy atom. The van der Waals surface area contributed by atoms with Crippen LogP contribution in [-0.4, -0.2) is 57.2 Å². The molecule has 1 aliphatic heterocycles. The number of rotatable bonds is 5. The molecule has 0 aliphatic carbocycles. The number of hydrogen-bond donors (Lipinski definition) is 1. The van der Waals surface area contributed by atoms with Gasteiger partial charge in [0.2, 0.25) is 10.0 Å². The van der Waals surface area contributed by atoms with Gasteiger partial charge >= 0.3 is 5.97 Å². The van der Waals surface area contributed by atoms with Crippen LogP contribution in [-0.2, 0) is 19.6 Å². The number of carbonyl (C=O) groups excluding carboxylic acids is 1. The molecule has 1 fully saturated rings. The van der Waals surface area contributed by atoms with Gasteiger partial charge in [0.25, 0.3) is 0 Å². The fourth-order valence-corrected chi connectivity index (χ4v) is 3.10. The molecule has 0 amide bonds. The van der Waals surface area contributed by atoms with E-state index in [-0.39, 0.29) is 12.6 Å². The molecule has 0 radical (unpaired) electrons. The molecule has 0 aromatic rings. The van der Waals surface area contributed by atoms with E-state index in [0.29, 0.717) is 0 Å². The number of nitrogens with zero attached hydrogens (tertiary/aromatic N) is 1. The largest absolute Gasteiger partial charge is 0.465 e. The normalized spacial score (nSPS) is 18.3. The standard InChI is InChI=1S/C10H20N2O4S/c1-3-16-10(13)8-17(14,15)12(2)9-4-6-11-7-5-9/h9,11H,3-8H2,1-2H3. The van der Waals surface area contributed by atoms with Gasteiger partial charge in [0, 0.05) is 13.1 Å². The van der Waals surface area contributed by atoms with E-state index >= 15 is 0 Å². The van der Waals surface area contributed by atoms with Crippen molar-refractivity contribution in [3.8, 4) is 0 Å². The molecule has 1 saturated heterocycles. The third kappa shape index (κ3) is 4.25. The Hall–Kier alpha value is -0.660. The summed E-state index contributed by atoms with van der Waals surface area (Å²) in [6.07, 6.45) is 1.55. The minimum Gasteiger partial charge on any atom is -0.465 e. The van der Waals surface area contributed by atoms with Crippen LogP contribution in [0.5, 0.6) is 0 Å². The van der Waals surface area contributed by atoms with E-state index in [0.717, 1.165) is 25.9 Å². The van der Waals surface area contributed by atoms with Gasteiger partial charge in [0.05, 0.1) is 6.61 Å². The molecule has 0 saturated carbocycles. The van der Waals surface area contributed by atoms with Crippen LogP contribution in [0, 0.1) is 0 Å². The Morgan fingerprint density at radius 3 is 2.53 bits per heavy atom. The SMILES string of the molecule is CCOC(=O)CS(=O)(=O)N(C)C1CCNCC1. The molecular weight excluding hydrogens is 244 g/mol. The van der Waals surface area contributed by atoms with Crippen LogP contribution in [0.15, 0.2) is 0 Å². The zero-order chi connectivity index (χ0) is 12.9. The minimum atomic E-state index is -3.55. The summed E-state index contributed by atoms with van der Waals surface area (Å²) in [5.74, 6) is -1.25.